The van der Waals surface area contributed by atoms with Crippen LogP contribution in [-0.2, 0) is 0 Å². The summed E-state index contributed by atoms with van der Waals surface area (Å²) in [5.74, 6) is -0.380. The minimum Gasteiger partial charge on any atom is -0.396 e. The first-order valence-corrected chi connectivity index (χ1v) is 5.59. The number of anilines is 1. The molecule has 1 fully saturated rings. The number of aromatic amines is 1. The maximum Gasteiger partial charge on any atom is 0.280 e. The third-order valence-electron chi connectivity index (χ3n) is 3.40. The number of fused-ring (bicyclic) bond motifs is 1. The van der Waals surface area contributed by atoms with E-state index in [1.165, 1.54) is 10.9 Å². The fourth-order valence-corrected chi connectivity index (χ4v) is 2.32. The van der Waals surface area contributed by atoms with Gasteiger partial charge in [-0.1, -0.05) is 0 Å². The number of H-pyrrole nitrogens is 1. The molecule has 3 unspecified atom stereocenters. The van der Waals surface area contributed by atoms with Crippen molar-refractivity contribution in [1.82, 2.24) is 19.5 Å². The van der Waals surface area contributed by atoms with E-state index < -0.39 is 17.8 Å². The van der Waals surface area contributed by atoms with Crippen LogP contribution in [0.2, 0.25) is 0 Å². The Morgan fingerprint density at radius 2 is 2.44 bits per heavy atom. The van der Waals surface area contributed by atoms with Gasteiger partial charge in [-0.05, 0) is 6.42 Å². The average Bonchev–Trinajstić information content (AvgIpc) is 2.72. The molecule has 18 heavy (non-hydrogen) atoms. The highest BCUT2D eigenvalue weighted by molar-refractivity contribution is 5.70. The Kier molecular flexibility index (Phi) is 2.34. The van der Waals surface area contributed by atoms with Crippen LogP contribution in [0.4, 0.5) is 10.3 Å². The van der Waals surface area contributed by atoms with Gasteiger partial charge in [0.25, 0.3) is 5.56 Å². The number of aliphatic hydroxyl groups excluding tert-OH is 1. The smallest absolute Gasteiger partial charge is 0.280 e. The number of imidazole rings is 1. The Balaban J connectivity index is 2.06. The van der Waals surface area contributed by atoms with E-state index in [9.17, 15) is 9.18 Å². The van der Waals surface area contributed by atoms with Crippen LogP contribution >= 0.6 is 0 Å². The molecular weight excluding hydrogens is 241 g/mol. The van der Waals surface area contributed by atoms with E-state index in [1.54, 1.807) is 0 Å². The fourth-order valence-electron chi connectivity index (χ4n) is 2.32. The zero-order valence-electron chi connectivity index (χ0n) is 9.38. The molecule has 3 atom stereocenters. The molecule has 4 N–H and O–H groups in total. The van der Waals surface area contributed by atoms with Gasteiger partial charge < -0.3 is 15.4 Å². The van der Waals surface area contributed by atoms with Gasteiger partial charge in [-0.3, -0.25) is 9.78 Å². The number of halogens is 1. The van der Waals surface area contributed by atoms with Crippen molar-refractivity contribution in [2.45, 2.75) is 18.6 Å². The van der Waals surface area contributed by atoms with Crippen molar-refractivity contribution in [2.75, 3.05) is 12.3 Å². The summed E-state index contributed by atoms with van der Waals surface area (Å²) in [7, 11) is 0. The van der Waals surface area contributed by atoms with Crippen LogP contribution < -0.4 is 11.3 Å². The number of nitrogens with zero attached hydrogens (tertiary/aromatic N) is 3. The predicted molar refractivity (Wildman–Crippen MR) is 61.7 cm³/mol. The van der Waals surface area contributed by atoms with Gasteiger partial charge in [0.05, 0.1) is 12.4 Å². The van der Waals surface area contributed by atoms with E-state index >= 15 is 0 Å². The quantitative estimate of drug-likeness (QED) is 0.674. The number of nitrogens with two attached hydrogens (primary N) is 1. The van der Waals surface area contributed by atoms with Crippen molar-refractivity contribution in [2.24, 2.45) is 5.92 Å². The maximum atomic E-state index is 13.8. The molecule has 3 rings (SSSR count). The van der Waals surface area contributed by atoms with Crippen molar-refractivity contribution in [1.29, 1.82) is 0 Å². The Hall–Kier alpha value is -1.96. The second-order valence-electron chi connectivity index (χ2n) is 4.47. The molecule has 0 amide bonds. The molecule has 2 aromatic rings. The summed E-state index contributed by atoms with van der Waals surface area (Å²) in [6.07, 6.45) is 0.726. The van der Waals surface area contributed by atoms with Gasteiger partial charge in [-0.25, -0.2) is 9.37 Å². The second-order valence-corrected chi connectivity index (χ2v) is 4.47. The van der Waals surface area contributed by atoms with Gasteiger partial charge in [0, 0.05) is 12.5 Å². The van der Waals surface area contributed by atoms with Gasteiger partial charge in [-0.15, -0.1) is 0 Å². The lowest BCUT2D eigenvalue weighted by Gasteiger charge is -2.39. The van der Waals surface area contributed by atoms with Gasteiger partial charge >= 0.3 is 0 Å². The van der Waals surface area contributed by atoms with Crippen molar-refractivity contribution >= 4 is 17.1 Å². The zero-order valence-corrected chi connectivity index (χ0v) is 9.38. The summed E-state index contributed by atoms with van der Waals surface area (Å²) in [6, 6.07) is -0.444. The summed E-state index contributed by atoms with van der Waals surface area (Å²) in [5, 5.41) is 8.92. The van der Waals surface area contributed by atoms with Gasteiger partial charge in [0.1, 0.15) is 6.17 Å². The van der Waals surface area contributed by atoms with E-state index in [-0.39, 0.29) is 29.6 Å². The average molecular weight is 253 g/mol. The Morgan fingerprint density at radius 1 is 1.67 bits per heavy atom. The van der Waals surface area contributed by atoms with Gasteiger partial charge in [-0.2, -0.15) is 4.98 Å². The summed E-state index contributed by atoms with van der Waals surface area (Å²) in [5.41, 5.74) is 5.44. The molecule has 0 saturated heterocycles. The molecular formula is C10H12FN5O2. The molecule has 1 aliphatic rings. The lowest BCUT2D eigenvalue weighted by atomic mass is 9.78. The normalized spacial score (nSPS) is 27.3. The highest BCUT2D eigenvalue weighted by atomic mass is 19.1. The molecule has 1 saturated carbocycles. The van der Waals surface area contributed by atoms with Crippen molar-refractivity contribution < 1.29 is 9.50 Å². The molecule has 8 heteroatoms. The standard InChI is InChI=1S/C10H12FN5O2/c11-6-4(2-17)1-5(6)16-3-13-7-8(16)14-10(12)15-9(7)18/h3-6,17H,1-2H2,(H3,12,14,15,18). The van der Waals surface area contributed by atoms with E-state index in [4.69, 9.17) is 10.8 Å². The number of alkyl halides is 1. The molecule has 0 radical (unpaired) electrons. The molecule has 0 aliphatic heterocycles. The van der Waals surface area contributed by atoms with Crippen LogP contribution in [0.25, 0.3) is 11.2 Å². The monoisotopic (exact) mass is 253 g/mol. The number of nitrogens with one attached hydrogen (secondary N) is 1. The van der Waals surface area contributed by atoms with Crippen LogP contribution in [0.3, 0.4) is 0 Å². The Morgan fingerprint density at radius 3 is 3.11 bits per heavy atom. The third kappa shape index (κ3) is 1.42. The molecule has 0 bridgehead atoms. The third-order valence-corrected chi connectivity index (χ3v) is 3.40. The number of hydrogen-bond donors (Lipinski definition) is 3. The van der Waals surface area contributed by atoms with E-state index in [0.29, 0.717) is 6.42 Å². The van der Waals surface area contributed by atoms with Crippen LogP contribution in [0.15, 0.2) is 11.1 Å². The molecule has 2 heterocycles. The minimum atomic E-state index is -1.16. The van der Waals surface area contributed by atoms with Crippen molar-refractivity contribution in [3.63, 3.8) is 0 Å². The number of aliphatic hydroxyl groups is 1. The van der Waals surface area contributed by atoms with Crippen LogP contribution in [0.5, 0.6) is 0 Å². The predicted octanol–water partition coefficient (Wildman–Crippen LogP) is -0.407. The van der Waals surface area contributed by atoms with Crippen LogP contribution in [0.1, 0.15) is 12.5 Å². The Bertz CT molecular complexity index is 651. The highest BCUT2D eigenvalue weighted by Crippen LogP contribution is 2.41. The van der Waals surface area contributed by atoms with E-state index in [1.807, 2.05) is 0 Å². The molecule has 1 aliphatic carbocycles. The SMILES string of the molecule is Nc1nc2c(ncn2C2CC(CO)C2F)c(=O)[nH]1. The topological polar surface area (TPSA) is 110 Å². The summed E-state index contributed by atoms with van der Waals surface area (Å²) >= 11 is 0. The van der Waals surface area contributed by atoms with E-state index in [2.05, 4.69) is 15.0 Å². The molecule has 96 valence electrons. The molecule has 0 spiro atoms. The first-order valence-electron chi connectivity index (χ1n) is 5.59. The minimum absolute atomic E-state index is 0.0253. The van der Waals surface area contributed by atoms with Crippen molar-refractivity contribution in [3.8, 4) is 0 Å². The first kappa shape index (κ1) is 11.1. The first-order chi connectivity index (χ1) is 8.61. The van der Waals surface area contributed by atoms with Crippen LogP contribution in [0, 0.1) is 5.92 Å². The number of hydrogen-bond acceptors (Lipinski definition) is 5. The number of rotatable bonds is 2. The largest absolute Gasteiger partial charge is 0.396 e. The molecule has 7 nitrogen and oxygen atoms in total. The second kappa shape index (κ2) is 3.77. The fraction of sp³-hybridized carbons (Fsp3) is 0.500. The van der Waals surface area contributed by atoms with Gasteiger partial charge in [0.2, 0.25) is 5.95 Å². The lowest BCUT2D eigenvalue weighted by molar-refractivity contribution is 0.00326. The highest BCUT2D eigenvalue weighted by Gasteiger charge is 2.43. The number of aromatic nitrogens is 4. The summed E-state index contributed by atoms with van der Waals surface area (Å²) < 4.78 is 15.3. The molecule has 0 aromatic carbocycles. The van der Waals surface area contributed by atoms with E-state index in [0.717, 1.165) is 0 Å². The lowest BCUT2D eigenvalue weighted by Crippen LogP contribution is -2.42. The summed E-state index contributed by atoms with van der Waals surface area (Å²) in [6.45, 7) is -0.180. The van der Waals surface area contributed by atoms with Gasteiger partial charge in [0.15, 0.2) is 11.2 Å². The Labute approximate surface area is 100 Å². The summed E-state index contributed by atoms with van der Waals surface area (Å²) in [4.78, 5) is 21.8. The maximum absolute atomic E-state index is 13.8. The molecule has 2 aromatic heterocycles. The van der Waals surface area contributed by atoms with Crippen LogP contribution in [-0.4, -0.2) is 37.4 Å². The van der Waals surface area contributed by atoms with Crippen molar-refractivity contribution in [3.05, 3.63) is 16.7 Å². The zero-order chi connectivity index (χ0) is 12.9. The number of nitrogen functional groups attached to an aromatic ring is 1.